The molecule has 1 aliphatic rings. The molecule has 1 amide bonds. The van der Waals surface area contributed by atoms with Gasteiger partial charge in [-0.25, -0.2) is 9.97 Å². The van der Waals surface area contributed by atoms with Crippen LogP contribution in [-0.4, -0.2) is 40.0 Å². The van der Waals surface area contributed by atoms with E-state index >= 15 is 0 Å². The van der Waals surface area contributed by atoms with Gasteiger partial charge < -0.3 is 9.64 Å². The van der Waals surface area contributed by atoms with Crippen LogP contribution in [0.2, 0.25) is 0 Å². The molecule has 0 bridgehead atoms. The Morgan fingerprint density at radius 1 is 1.43 bits per heavy atom. The second kappa shape index (κ2) is 5.81. The summed E-state index contributed by atoms with van der Waals surface area (Å²) < 4.78 is 5.83. The molecule has 2 aromatic heterocycles. The molecule has 1 aliphatic heterocycles. The second-order valence-electron chi connectivity index (χ2n) is 5.21. The van der Waals surface area contributed by atoms with Crippen molar-refractivity contribution in [3.8, 4) is 5.88 Å². The van der Waals surface area contributed by atoms with Crippen LogP contribution in [0.4, 0.5) is 0 Å². The molecule has 0 N–H and O–H groups in total. The summed E-state index contributed by atoms with van der Waals surface area (Å²) in [7, 11) is 0. The van der Waals surface area contributed by atoms with Gasteiger partial charge in [0.25, 0.3) is 5.91 Å². The normalized spacial score (nSPS) is 18.0. The van der Waals surface area contributed by atoms with Gasteiger partial charge in [-0.1, -0.05) is 6.07 Å². The quantitative estimate of drug-likeness (QED) is 0.874. The molecule has 1 saturated heterocycles. The third-order valence-electron chi connectivity index (χ3n) is 3.44. The highest BCUT2D eigenvalue weighted by Crippen LogP contribution is 2.19. The highest BCUT2D eigenvalue weighted by molar-refractivity contribution is 7.09. The van der Waals surface area contributed by atoms with Crippen molar-refractivity contribution in [1.82, 2.24) is 14.9 Å². The van der Waals surface area contributed by atoms with Gasteiger partial charge in [0.05, 0.1) is 11.6 Å². The smallest absolute Gasteiger partial charge is 0.273 e. The predicted octanol–water partition coefficient (Wildman–Crippen LogP) is 2.45. The third-order valence-corrected chi connectivity index (χ3v) is 4.22. The maximum Gasteiger partial charge on any atom is 0.273 e. The van der Waals surface area contributed by atoms with E-state index in [1.54, 1.807) is 11.1 Å². The van der Waals surface area contributed by atoms with Crippen LogP contribution in [0.15, 0.2) is 23.7 Å². The number of aryl methyl sites for hydroxylation is 2. The molecular weight excluding hydrogens is 286 g/mol. The molecule has 1 unspecified atom stereocenters. The van der Waals surface area contributed by atoms with Gasteiger partial charge in [0, 0.05) is 30.6 Å². The minimum Gasteiger partial charge on any atom is -0.472 e. The topological polar surface area (TPSA) is 55.3 Å². The lowest BCUT2D eigenvalue weighted by molar-refractivity contribution is 0.0766. The van der Waals surface area contributed by atoms with Crippen molar-refractivity contribution in [3.05, 3.63) is 40.0 Å². The Bertz CT molecular complexity index is 639. The lowest BCUT2D eigenvalue weighted by Crippen LogP contribution is -2.31. The largest absolute Gasteiger partial charge is 0.472 e. The minimum absolute atomic E-state index is 0.00360. The first-order chi connectivity index (χ1) is 10.1. The molecule has 0 aromatic carbocycles. The molecule has 3 heterocycles. The van der Waals surface area contributed by atoms with Crippen molar-refractivity contribution in [2.75, 3.05) is 13.1 Å². The fourth-order valence-corrected chi connectivity index (χ4v) is 2.91. The van der Waals surface area contributed by atoms with Crippen molar-refractivity contribution in [2.45, 2.75) is 26.4 Å². The number of pyridine rings is 1. The lowest BCUT2D eigenvalue weighted by Gasteiger charge is -2.15. The minimum atomic E-state index is -0.0117. The summed E-state index contributed by atoms with van der Waals surface area (Å²) in [4.78, 5) is 22.6. The number of ether oxygens (including phenoxy) is 1. The monoisotopic (exact) mass is 303 g/mol. The molecular formula is C15H17N3O2S. The summed E-state index contributed by atoms with van der Waals surface area (Å²) in [6.07, 6.45) is 2.61. The summed E-state index contributed by atoms with van der Waals surface area (Å²) in [6.45, 7) is 5.18. The van der Waals surface area contributed by atoms with Crippen LogP contribution < -0.4 is 4.74 Å². The fraction of sp³-hybridized carbons (Fsp3) is 0.400. The van der Waals surface area contributed by atoms with Crippen molar-refractivity contribution >= 4 is 17.2 Å². The average molecular weight is 303 g/mol. The molecule has 6 heteroatoms. The number of carbonyl (C=O) groups is 1. The van der Waals surface area contributed by atoms with E-state index in [0.717, 1.165) is 17.0 Å². The van der Waals surface area contributed by atoms with Gasteiger partial charge in [0.1, 0.15) is 11.8 Å². The van der Waals surface area contributed by atoms with Crippen LogP contribution in [0.5, 0.6) is 5.88 Å². The van der Waals surface area contributed by atoms with Gasteiger partial charge in [0.15, 0.2) is 0 Å². The van der Waals surface area contributed by atoms with E-state index in [-0.39, 0.29) is 12.0 Å². The van der Waals surface area contributed by atoms with E-state index in [4.69, 9.17) is 4.74 Å². The first kappa shape index (κ1) is 14.0. The van der Waals surface area contributed by atoms with Crippen molar-refractivity contribution in [1.29, 1.82) is 0 Å². The van der Waals surface area contributed by atoms with Crippen LogP contribution in [0.25, 0.3) is 0 Å². The molecule has 0 spiro atoms. The van der Waals surface area contributed by atoms with Crippen LogP contribution in [-0.2, 0) is 0 Å². The van der Waals surface area contributed by atoms with Crippen LogP contribution in [0, 0.1) is 13.8 Å². The van der Waals surface area contributed by atoms with Crippen LogP contribution in [0.3, 0.4) is 0 Å². The zero-order valence-corrected chi connectivity index (χ0v) is 12.9. The number of hydrogen-bond acceptors (Lipinski definition) is 5. The number of likely N-dealkylation sites (tertiary alicyclic amines) is 1. The molecule has 1 fully saturated rings. The molecule has 3 rings (SSSR count). The Hall–Kier alpha value is -1.95. The van der Waals surface area contributed by atoms with Gasteiger partial charge in [0.2, 0.25) is 5.88 Å². The summed E-state index contributed by atoms with van der Waals surface area (Å²) in [5.41, 5.74) is 1.64. The first-order valence-corrected chi connectivity index (χ1v) is 7.80. The van der Waals surface area contributed by atoms with E-state index in [1.165, 1.54) is 11.3 Å². The summed E-state index contributed by atoms with van der Waals surface area (Å²) in [5.74, 6) is 0.603. The zero-order valence-electron chi connectivity index (χ0n) is 12.1. The van der Waals surface area contributed by atoms with Crippen molar-refractivity contribution < 1.29 is 9.53 Å². The molecule has 1 atom stereocenters. The zero-order chi connectivity index (χ0) is 14.8. The fourth-order valence-electron chi connectivity index (χ4n) is 2.33. The summed E-state index contributed by atoms with van der Waals surface area (Å²) in [6, 6.07) is 3.84. The Labute approximate surface area is 127 Å². The maximum absolute atomic E-state index is 12.3. The number of nitrogens with zero attached hydrogens (tertiary/aromatic N) is 3. The molecule has 2 aromatic rings. The molecule has 0 aliphatic carbocycles. The Morgan fingerprint density at radius 3 is 2.95 bits per heavy atom. The standard InChI is InChI=1S/C15H17N3O2S/c1-10-3-4-14(16-7-10)20-12-5-6-18(8-12)15(19)13-9-21-11(2)17-13/h3-4,7,9,12H,5-6,8H2,1-2H3. The Morgan fingerprint density at radius 2 is 2.29 bits per heavy atom. The maximum atomic E-state index is 12.3. The van der Waals surface area contributed by atoms with E-state index < -0.39 is 0 Å². The highest BCUT2D eigenvalue weighted by Gasteiger charge is 2.29. The Kier molecular flexibility index (Phi) is 3.88. The van der Waals surface area contributed by atoms with Gasteiger partial charge in [-0.2, -0.15) is 0 Å². The van der Waals surface area contributed by atoms with E-state index in [0.29, 0.717) is 24.7 Å². The average Bonchev–Trinajstić information content (AvgIpc) is 3.10. The van der Waals surface area contributed by atoms with Crippen molar-refractivity contribution in [3.63, 3.8) is 0 Å². The van der Waals surface area contributed by atoms with Crippen molar-refractivity contribution in [2.24, 2.45) is 0 Å². The lowest BCUT2D eigenvalue weighted by atomic mass is 10.3. The number of carbonyl (C=O) groups excluding carboxylic acids is 1. The highest BCUT2D eigenvalue weighted by atomic mass is 32.1. The summed E-state index contributed by atoms with van der Waals surface area (Å²) >= 11 is 1.50. The number of thiazole rings is 1. The number of amides is 1. The number of rotatable bonds is 3. The predicted molar refractivity (Wildman–Crippen MR) is 80.8 cm³/mol. The van der Waals surface area contributed by atoms with Crippen LogP contribution in [0.1, 0.15) is 27.5 Å². The third kappa shape index (κ3) is 3.21. The number of hydrogen-bond donors (Lipinski definition) is 0. The Balaban J connectivity index is 1.60. The van der Waals surface area contributed by atoms with Gasteiger partial charge >= 0.3 is 0 Å². The number of aromatic nitrogens is 2. The van der Waals surface area contributed by atoms with E-state index in [1.807, 2.05) is 31.4 Å². The molecule has 0 saturated carbocycles. The van der Waals surface area contributed by atoms with Crippen LogP contribution >= 0.6 is 11.3 Å². The summed E-state index contributed by atoms with van der Waals surface area (Å²) in [5, 5.41) is 2.72. The SMILES string of the molecule is Cc1ccc(OC2CCN(C(=O)c3csc(C)n3)C2)nc1. The van der Waals surface area contributed by atoms with E-state index in [9.17, 15) is 4.79 Å². The first-order valence-electron chi connectivity index (χ1n) is 6.92. The molecule has 5 nitrogen and oxygen atoms in total. The molecule has 0 radical (unpaired) electrons. The van der Waals surface area contributed by atoms with E-state index in [2.05, 4.69) is 9.97 Å². The van der Waals surface area contributed by atoms with Gasteiger partial charge in [-0.05, 0) is 19.4 Å². The molecule has 110 valence electrons. The molecule has 21 heavy (non-hydrogen) atoms. The van der Waals surface area contributed by atoms with Gasteiger partial charge in [-0.15, -0.1) is 11.3 Å². The van der Waals surface area contributed by atoms with Gasteiger partial charge in [-0.3, -0.25) is 4.79 Å². The second-order valence-corrected chi connectivity index (χ2v) is 6.27.